The summed E-state index contributed by atoms with van der Waals surface area (Å²) < 4.78 is 19.4. The van der Waals surface area contributed by atoms with Crippen LogP contribution in [0, 0.1) is 22.6 Å². The van der Waals surface area contributed by atoms with Gasteiger partial charge in [0.05, 0.1) is 18.8 Å². The lowest BCUT2D eigenvalue weighted by molar-refractivity contribution is -0.113. The predicted molar refractivity (Wildman–Crippen MR) is 110 cm³/mol. The molecule has 5 heteroatoms. The van der Waals surface area contributed by atoms with E-state index in [2.05, 4.69) is 30.6 Å². The number of aliphatic hydroxyl groups excluding tert-OH is 1. The molecule has 4 rings (SSSR count). The molecule has 3 aliphatic rings. The van der Waals surface area contributed by atoms with Crippen molar-refractivity contribution in [3.8, 4) is 0 Å². The van der Waals surface area contributed by atoms with E-state index in [9.17, 15) is 9.50 Å². The van der Waals surface area contributed by atoms with Crippen LogP contribution >= 0.6 is 0 Å². The Morgan fingerprint density at radius 1 is 1.14 bits per heavy atom. The maximum Gasteiger partial charge on any atom is 0.123 e. The number of β-amino-alcohol motifs (C(OH)–C–C–N with tert-alkyl or cyclic N) is 1. The van der Waals surface area contributed by atoms with Crippen LogP contribution in [0.3, 0.4) is 0 Å². The number of piperazine rings is 1. The van der Waals surface area contributed by atoms with Crippen molar-refractivity contribution in [3.63, 3.8) is 0 Å². The van der Waals surface area contributed by atoms with Crippen molar-refractivity contribution in [1.29, 1.82) is 0 Å². The third kappa shape index (κ3) is 3.81. The van der Waals surface area contributed by atoms with Gasteiger partial charge in [0.1, 0.15) is 5.82 Å². The highest BCUT2D eigenvalue weighted by Gasteiger charge is 2.60. The second kappa shape index (κ2) is 7.58. The average molecular weight is 391 g/mol. The largest absolute Gasteiger partial charge is 0.389 e. The van der Waals surface area contributed by atoms with Crippen molar-refractivity contribution >= 4 is 5.69 Å². The van der Waals surface area contributed by atoms with Gasteiger partial charge in [-0.3, -0.25) is 4.90 Å². The van der Waals surface area contributed by atoms with Crippen LogP contribution in [-0.4, -0.2) is 61.5 Å². The van der Waals surface area contributed by atoms with Gasteiger partial charge in [0.25, 0.3) is 0 Å². The van der Waals surface area contributed by atoms with Crippen molar-refractivity contribution in [1.82, 2.24) is 4.90 Å². The highest BCUT2D eigenvalue weighted by Crippen LogP contribution is 2.63. The van der Waals surface area contributed by atoms with Crippen LogP contribution in [0.1, 0.15) is 40.0 Å². The number of halogens is 1. The summed E-state index contributed by atoms with van der Waals surface area (Å²) in [6.45, 7) is 11.7. The SMILES string of the molecule is CC1(C)[C@@H]2CC[C@@](C)(C2)[C@@H]1OC[C@H](O)CN1CCN(c2ccc(F)cc2)CC1. The Hall–Kier alpha value is -1.17. The van der Waals surface area contributed by atoms with Gasteiger partial charge in [-0.05, 0) is 60.3 Å². The number of hydrogen-bond donors (Lipinski definition) is 1. The zero-order valence-corrected chi connectivity index (χ0v) is 17.5. The molecule has 0 amide bonds. The molecule has 0 spiro atoms. The molecule has 0 aromatic heterocycles. The summed E-state index contributed by atoms with van der Waals surface area (Å²) >= 11 is 0. The number of rotatable bonds is 6. The van der Waals surface area contributed by atoms with Gasteiger partial charge in [0, 0.05) is 38.4 Å². The van der Waals surface area contributed by atoms with Crippen molar-refractivity contribution in [2.24, 2.45) is 16.7 Å². The molecule has 2 aliphatic carbocycles. The quantitative estimate of drug-likeness (QED) is 0.806. The van der Waals surface area contributed by atoms with E-state index < -0.39 is 6.10 Å². The molecule has 28 heavy (non-hydrogen) atoms. The molecule has 1 saturated heterocycles. The van der Waals surface area contributed by atoms with Gasteiger partial charge < -0.3 is 14.7 Å². The van der Waals surface area contributed by atoms with Crippen LogP contribution in [0.25, 0.3) is 0 Å². The molecule has 4 nitrogen and oxygen atoms in total. The van der Waals surface area contributed by atoms with Crippen molar-refractivity contribution in [2.45, 2.75) is 52.2 Å². The molecule has 1 heterocycles. The van der Waals surface area contributed by atoms with Crippen molar-refractivity contribution in [2.75, 3.05) is 44.2 Å². The first-order valence-electron chi connectivity index (χ1n) is 10.8. The molecule has 2 saturated carbocycles. The predicted octanol–water partition coefficient (Wildman–Crippen LogP) is 3.54. The molecule has 156 valence electrons. The molecule has 1 aromatic carbocycles. The zero-order chi connectivity index (χ0) is 19.9. The van der Waals surface area contributed by atoms with Gasteiger partial charge in [-0.15, -0.1) is 0 Å². The summed E-state index contributed by atoms with van der Waals surface area (Å²) in [7, 11) is 0. The normalized spacial score (nSPS) is 33.4. The standard InChI is InChI=1S/C23H35FN2O2/c1-22(2)17-8-9-23(3,14-17)21(22)28-16-20(27)15-25-10-12-26(13-11-25)19-6-4-18(24)5-7-19/h4-7,17,20-21,27H,8-16H2,1-3H3/t17-,20-,21-,23+/m1/s1. The molecule has 3 fully saturated rings. The second-order valence-corrected chi connectivity index (χ2v) is 10.0. The first kappa shape index (κ1) is 20.1. The lowest BCUT2D eigenvalue weighted by Crippen LogP contribution is -2.50. The maximum atomic E-state index is 13.1. The Morgan fingerprint density at radius 3 is 2.43 bits per heavy atom. The monoisotopic (exact) mass is 390 g/mol. The second-order valence-electron chi connectivity index (χ2n) is 10.0. The third-order valence-corrected chi connectivity index (χ3v) is 7.63. The average Bonchev–Trinajstić information content (AvgIpc) is 3.14. The van der Waals surface area contributed by atoms with E-state index in [4.69, 9.17) is 4.74 Å². The molecule has 1 N–H and O–H groups in total. The minimum atomic E-state index is -0.448. The van der Waals surface area contributed by atoms with Gasteiger partial charge in [0.15, 0.2) is 0 Å². The van der Waals surface area contributed by atoms with Crippen LogP contribution in [0.5, 0.6) is 0 Å². The lowest BCUT2D eigenvalue weighted by atomic mass is 9.70. The third-order valence-electron chi connectivity index (χ3n) is 7.63. The van der Waals surface area contributed by atoms with E-state index in [-0.39, 0.29) is 22.8 Å². The Labute approximate surface area is 168 Å². The van der Waals surface area contributed by atoms with E-state index in [0.29, 0.717) is 13.2 Å². The fourth-order valence-corrected chi connectivity index (χ4v) is 6.07. The summed E-state index contributed by atoms with van der Waals surface area (Å²) in [5.74, 6) is 0.567. The fraction of sp³-hybridized carbons (Fsp3) is 0.739. The van der Waals surface area contributed by atoms with E-state index in [1.165, 1.54) is 31.4 Å². The summed E-state index contributed by atoms with van der Waals surface area (Å²) in [6.07, 6.45) is 3.66. The van der Waals surface area contributed by atoms with Crippen LogP contribution in [0.4, 0.5) is 10.1 Å². The number of ether oxygens (including phenoxy) is 1. The zero-order valence-electron chi connectivity index (χ0n) is 17.5. The number of benzene rings is 1. The molecular weight excluding hydrogens is 355 g/mol. The van der Waals surface area contributed by atoms with Crippen LogP contribution in [0.15, 0.2) is 24.3 Å². The first-order chi connectivity index (χ1) is 13.3. The van der Waals surface area contributed by atoms with E-state index in [0.717, 1.165) is 37.8 Å². The number of aliphatic hydroxyl groups is 1. The molecule has 0 radical (unpaired) electrons. The highest BCUT2D eigenvalue weighted by atomic mass is 19.1. The minimum Gasteiger partial charge on any atom is -0.389 e. The van der Waals surface area contributed by atoms with E-state index in [1.54, 1.807) is 0 Å². The highest BCUT2D eigenvalue weighted by molar-refractivity contribution is 5.46. The van der Waals surface area contributed by atoms with Gasteiger partial charge in [-0.1, -0.05) is 20.8 Å². The van der Waals surface area contributed by atoms with Crippen LogP contribution < -0.4 is 4.90 Å². The Kier molecular flexibility index (Phi) is 5.45. The van der Waals surface area contributed by atoms with E-state index in [1.807, 2.05) is 12.1 Å². The fourth-order valence-electron chi connectivity index (χ4n) is 6.07. The maximum absolute atomic E-state index is 13.1. The Morgan fingerprint density at radius 2 is 1.82 bits per heavy atom. The summed E-state index contributed by atoms with van der Waals surface area (Å²) in [6, 6.07) is 6.71. The molecule has 1 aromatic rings. The van der Waals surface area contributed by atoms with Crippen LogP contribution in [0.2, 0.25) is 0 Å². The first-order valence-corrected chi connectivity index (χ1v) is 10.8. The molecule has 2 bridgehead atoms. The molecule has 4 atom stereocenters. The molecule has 0 unspecified atom stereocenters. The van der Waals surface area contributed by atoms with Crippen molar-refractivity contribution in [3.05, 3.63) is 30.1 Å². The summed E-state index contributed by atoms with van der Waals surface area (Å²) in [5.41, 5.74) is 1.57. The summed E-state index contributed by atoms with van der Waals surface area (Å²) in [4.78, 5) is 4.58. The summed E-state index contributed by atoms with van der Waals surface area (Å²) in [5, 5.41) is 10.6. The molecule has 1 aliphatic heterocycles. The smallest absolute Gasteiger partial charge is 0.123 e. The Balaban J connectivity index is 1.23. The number of nitrogens with zero attached hydrogens (tertiary/aromatic N) is 2. The van der Waals surface area contributed by atoms with Crippen LogP contribution in [-0.2, 0) is 4.74 Å². The number of hydrogen-bond acceptors (Lipinski definition) is 4. The number of fused-ring (bicyclic) bond motifs is 2. The van der Waals surface area contributed by atoms with Gasteiger partial charge in [0.2, 0.25) is 0 Å². The van der Waals surface area contributed by atoms with Gasteiger partial charge >= 0.3 is 0 Å². The molecular formula is C23H35FN2O2. The van der Waals surface area contributed by atoms with Gasteiger partial charge in [-0.2, -0.15) is 0 Å². The van der Waals surface area contributed by atoms with Crippen molar-refractivity contribution < 1.29 is 14.2 Å². The number of anilines is 1. The Bertz CT molecular complexity index is 667. The topological polar surface area (TPSA) is 35.9 Å². The van der Waals surface area contributed by atoms with Gasteiger partial charge in [-0.25, -0.2) is 4.39 Å². The lowest BCUT2D eigenvalue weighted by Gasteiger charge is -2.43. The van der Waals surface area contributed by atoms with E-state index >= 15 is 0 Å². The minimum absolute atomic E-state index is 0.196.